The van der Waals surface area contributed by atoms with E-state index in [-0.39, 0.29) is 5.41 Å². The summed E-state index contributed by atoms with van der Waals surface area (Å²) in [7, 11) is 0. The number of rotatable bonds is 2. The minimum Gasteiger partial charge on any atom is -0.308 e. The molecule has 5 nitrogen and oxygen atoms in total. The largest absolute Gasteiger partial charge is 0.308 e. The Hall–Kier alpha value is -2.40. The maximum atomic E-state index is 5.66. The van der Waals surface area contributed by atoms with Crippen LogP contribution in [0, 0.1) is 6.92 Å². The third kappa shape index (κ3) is 2.44. The minimum atomic E-state index is -0.0673. The number of nitrogens with one attached hydrogen (secondary N) is 1. The van der Waals surface area contributed by atoms with E-state index in [0.717, 1.165) is 28.3 Å². The molecule has 0 aliphatic carbocycles. The third-order valence-corrected chi connectivity index (χ3v) is 3.75. The van der Waals surface area contributed by atoms with Crippen LogP contribution in [0.25, 0.3) is 16.8 Å². The maximum absolute atomic E-state index is 5.66. The van der Waals surface area contributed by atoms with Gasteiger partial charge in [0.05, 0.1) is 11.9 Å². The van der Waals surface area contributed by atoms with Crippen molar-refractivity contribution >= 4 is 11.5 Å². The zero-order valence-electron chi connectivity index (χ0n) is 13.4. The van der Waals surface area contributed by atoms with Crippen molar-refractivity contribution in [2.45, 2.75) is 33.1 Å². The van der Waals surface area contributed by atoms with Gasteiger partial charge in [0.1, 0.15) is 5.82 Å². The molecule has 0 spiro atoms. The summed E-state index contributed by atoms with van der Waals surface area (Å²) in [5.74, 6) is 6.39. The number of nitrogens with zero attached hydrogens (tertiary/aromatic N) is 3. The lowest BCUT2D eigenvalue weighted by atomic mass is 9.92. The van der Waals surface area contributed by atoms with Crippen molar-refractivity contribution in [2.75, 3.05) is 5.43 Å². The summed E-state index contributed by atoms with van der Waals surface area (Å²) in [4.78, 5) is 4.82. The third-order valence-electron chi connectivity index (χ3n) is 3.75. The Morgan fingerprint density at radius 1 is 1.14 bits per heavy atom. The molecule has 0 atom stereocenters. The monoisotopic (exact) mass is 295 g/mol. The number of hydrogen-bond donors (Lipinski definition) is 2. The van der Waals surface area contributed by atoms with Crippen LogP contribution in [0.4, 0.5) is 5.82 Å². The molecule has 0 amide bonds. The summed E-state index contributed by atoms with van der Waals surface area (Å²) >= 11 is 0. The second kappa shape index (κ2) is 5.10. The van der Waals surface area contributed by atoms with Gasteiger partial charge in [0.15, 0.2) is 5.65 Å². The topological polar surface area (TPSA) is 68.2 Å². The van der Waals surface area contributed by atoms with Gasteiger partial charge in [-0.15, -0.1) is 0 Å². The first-order chi connectivity index (χ1) is 10.4. The predicted molar refractivity (Wildman–Crippen MR) is 89.7 cm³/mol. The van der Waals surface area contributed by atoms with Crippen molar-refractivity contribution in [3.63, 3.8) is 0 Å². The average Bonchev–Trinajstić information content (AvgIpc) is 2.90. The Bertz CT molecular complexity index is 809. The molecule has 0 saturated heterocycles. The quantitative estimate of drug-likeness (QED) is 0.562. The first-order valence-corrected chi connectivity index (χ1v) is 7.33. The molecule has 0 fully saturated rings. The normalized spacial score (nSPS) is 11.9. The molecule has 0 saturated carbocycles. The molecule has 0 radical (unpaired) electrons. The highest BCUT2D eigenvalue weighted by Gasteiger charge is 2.20. The molecule has 5 heteroatoms. The van der Waals surface area contributed by atoms with Gasteiger partial charge in [0.2, 0.25) is 0 Å². The molecule has 0 aliphatic heterocycles. The molecule has 0 bridgehead atoms. The Labute approximate surface area is 130 Å². The highest BCUT2D eigenvalue weighted by molar-refractivity contribution is 5.78. The van der Waals surface area contributed by atoms with Crippen LogP contribution < -0.4 is 11.3 Å². The SMILES string of the molecule is Cc1ccc(-c2cnn3c(NN)cc(C(C)(C)C)nc23)cc1. The lowest BCUT2D eigenvalue weighted by Gasteiger charge is -2.19. The first kappa shape index (κ1) is 14.5. The molecule has 0 aliphatic rings. The molecular weight excluding hydrogens is 274 g/mol. The lowest BCUT2D eigenvalue weighted by Crippen LogP contribution is -2.18. The Balaban J connectivity index is 2.26. The van der Waals surface area contributed by atoms with Gasteiger partial charge in [-0.25, -0.2) is 10.8 Å². The van der Waals surface area contributed by atoms with E-state index in [2.05, 4.69) is 62.5 Å². The number of benzene rings is 1. The number of hydrogen-bond acceptors (Lipinski definition) is 4. The van der Waals surface area contributed by atoms with Gasteiger partial charge in [0.25, 0.3) is 0 Å². The average molecular weight is 295 g/mol. The predicted octanol–water partition coefficient (Wildman–Crippen LogP) is 3.29. The molecule has 3 N–H and O–H groups in total. The molecule has 0 unspecified atom stereocenters. The summed E-state index contributed by atoms with van der Waals surface area (Å²) in [5.41, 5.74) is 7.76. The van der Waals surface area contributed by atoms with Crippen molar-refractivity contribution < 1.29 is 0 Å². The fraction of sp³-hybridized carbons (Fsp3) is 0.294. The number of nitrogen functional groups attached to an aromatic ring is 1. The summed E-state index contributed by atoms with van der Waals surface area (Å²) in [5, 5.41) is 4.42. The molecule has 2 heterocycles. The zero-order valence-corrected chi connectivity index (χ0v) is 13.4. The van der Waals surface area contributed by atoms with Crippen LogP contribution in [-0.4, -0.2) is 14.6 Å². The van der Waals surface area contributed by atoms with E-state index in [1.807, 2.05) is 12.3 Å². The van der Waals surface area contributed by atoms with E-state index in [1.54, 1.807) is 4.52 Å². The second-order valence-electron chi connectivity index (χ2n) is 6.58. The number of aryl methyl sites for hydroxylation is 1. The van der Waals surface area contributed by atoms with Gasteiger partial charge >= 0.3 is 0 Å². The molecule has 2 aromatic heterocycles. The van der Waals surface area contributed by atoms with Crippen LogP contribution in [0.2, 0.25) is 0 Å². The van der Waals surface area contributed by atoms with Gasteiger partial charge < -0.3 is 5.43 Å². The van der Waals surface area contributed by atoms with Gasteiger partial charge in [0, 0.05) is 17.0 Å². The fourth-order valence-electron chi connectivity index (χ4n) is 2.39. The second-order valence-corrected chi connectivity index (χ2v) is 6.58. The van der Waals surface area contributed by atoms with E-state index in [4.69, 9.17) is 10.8 Å². The standard InChI is InChI=1S/C17H21N5/c1-11-5-7-12(8-6-11)13-10-19-22-15(21-18)9-14(17(2,3)4)20-16(13)22/h5-10,21H,18H2,1-4H3. The van der Waals surface area contributed by atoms with Crippen LogP contribution in [0.1, 0.15) is 32.0 Å². The van der Waals surface area contributed by atoms with Crippen LogP contribution in [0.5, 0.6) is 0 Å². The Morgan fingerprint density at radius 2 is 1.82 bits per heavy atom. The summed E-state index contributed by atoms with van der Waals surface area (Å²) < 4.78 is 1.74. The maximum Gasteiger partial charge on any atom is 0.165 e. The highest BCUT2D eigenvalue weighted by Crippen LogP contribution is 2.29. The smallest absolute Gasteiger partial charge is 0.165 e. The van der Waals surface area contributed by atoms with Gasteiger partial charge in [-0.2, -0.15) is 9.61 Å². The van der Waals surface area contributed by atoms with Crippen LogP contribution in [0.15, 0.2) is 36.5 Å². The van der Waals surface area contributed by atoms with Crippen LogP contribution in [0.3, 0.4) is 0 Å². The fourth-order valence-corrected chi connectivity index (χ4v) is 2.39. The van der Waals surface area contributed by atoms with Gasteiger partial charge in [-0.3, -0.25) is 0 Å². The number of nitrogens with two attached hydrogens (primary N) is 1. The van der Waals surface area contributed by atoms with E-state index in [0.29, 0.717) is 0 Å². The number of anilines is 1. The number of hydrazine groups is 1. The summed E-state index contributed by atoms with van der Waals surface area (Å²) in [6.45, 7) is 8.47. The van der Waals surface area contributed by atoms with Crippen LogP contribution >= 0.6 is 0 Å². The highest BCUT2D eigenvalue weighted by atomic mass is 15.4. The van der Waals surface area contributed by atoms with Crippen LogP contribution in [-0.2, 0) is 5.41 Å². The van der Waals surface area contributed by atoms with E-state index >= 15 is 0 Å². The number of aromatic nitrogens is 3. The lowest BCUT2D eigenvalue weighted by molar-refractivity contribution is 0.568. The molecule has 114 valence electrons. The summed E-state index contributed by atoms with van der Waals surface area (Å²) in [6, 6.07) is 10.3. The van der Waals surface area contributed by atoms with Gasteiger partial charge in [-0.05, 0) is 12.5 Å². The van der Waals surface area contributed by atoms with E-state index in [1.165, 1.54) is 5.56 Å². The first-order valence-electron chi connectivity index (χ1n) is 7.33. The van der Waals surface area contributed by atoms with E-state index < -0.39 is 0 Å². The summed E-state index contributed by atoms with van der Waals surface area (Å²) in [6.07, 6.45) is 1.83. The molecule has 3 rings (SSSR count). The zero-order chi connectivity index (χ0) is 15.9. The molecule has 3 aromatic rings. The van der Waals surface area contributed by atoms with Crippen molar-refractivity contribution in [3.05, 3.63) is 47.8 Å². The van der Waals surface area contributed by atoms with E-state index in [9.17, 15) is 0 Å². The number of fused-ring (bicyclic) bond motifs is 1. The Morgan fingerprint density at radius 3 is 2.41 bits per heavy atom. The molecular formula is C17H21N5. The molecule has 22 heavy (non-hydrogen) atoms. The van der Waals surface area contributed by atoms with Gasteiger partial charge in [-0.1, -0.05) is 50.6 Å². The van der Waals surface area contributed by atoms with Crippen molar-refractivity contribution in [3.8, 4) is 11.1 Å². The van der Waals surface area contributed by atoms with Crippen molar-refractivity contribution in [2.24, 2.45) is 5.84 Å². The van der Waals surface area contributed by atoms with Crippen molar-refractivity contribution in [1.82, 2.24) is 14.6 Å². The molecule has 1 aromatic carbocycles. The Kier molecular flexibility index (Phi) is 3.37. The van der Waals surface area contributed by atoms with Crippen molar-refractivity contribution in [1.29, 1.82) is 0 Å². The minimum absolute atomic E-state index is 0.0673.